The lowest BCUT2D eigenvalue weighted by Crippen LogP contribution is -2.42. The van der Waals surface area contributed by atoms with Crippen LogP contribution in [0.2, 0.25) is 0 Å². The van der Waals surface area contributed by atoms with Crippen LogP contribution < -0.4 is 4.90 Å². The molecule has 1 aromatic carbocycles. The Bertz CT molecular complexity index is 1070. The minimum absolute atomic E-state index is 0. The molecule has 0 saturated carbocycles. The fourth-order valence-corrected chi connectivity index (χ4v) is 3.98. The van der Waals surface area contributed by atoms with Crippen molar-refractivity contribution in [1.29, 1.82) is 0 Å². The van der Waals surface area contributed by atoms with Crippen molar-refractivity contribution < 1.29 is 18.0 Å². The summed E-state index contributed by atoms with van der Waals surface area (Å²) in [6.07, 6.45) is 3.35. The zero-order valence-corrected chi connectivity index (χ0v) is 17.7. The molecule has 3 heterocycles. The number of aryl methyl sites for hydroxylation is 1. The molecule has 1 atom stereocenters. The predicted molar refractivity (Wildman–Crippen MR) is 112 cm³/mol. The first-order valence-corrected chi connectivity index (χ1v) is 9.73. The zero-order chi connectivity index (χ0) is 20.8. The smallest absolute Gasteiger partial charge is 0.305 e. The van der Waals surface area contributed by atoms with Crippen molar-refractivity contribution in [2.75, 3.05) is 11.4 Å². The van der Waals surface area contributed by atoms with Crippen molar-refractivity contribution in [1.82, 2.24) is 14.8 Å². The zero-order valence-electron chi connectivity index (χ0n) is 16.1. The van der Waals surface area contributed by atoms with Gasteiger partial charge in [0.1, 0.15) is 5.69 Å². The van der Waals surface area contributed by atoms with E-state index in [0.717, 1.165) is 11.3 Å². The summed E-state index contributed by atoms with van der Waals surface area (Å²) >= 11 is -0.175. The van der Waals surface area contributed by atoms with Crippen molar-refractivity contribution in [3.8, 4) is 11.1 Å². The quantitative estimate of drug-likeness (QED) is 0.490. The molecule has 0 N–H and O–H groups in total. The maximum Gasteiger partial charge on any atom is 0.446 e. The maximum absolute atomic E-state index is 13.3. The molecule has 10 heteroatoms. The lowest BCUT2D eigenvalue weighted by atomic mass is 10.0. The van der Waals surface area contributed by atoms with Gasteiger partial charge in [0.15, 0.2) is 0 Å². The normalized spacial score (nSPS) is 16.2. The van der Waals surface area contributed by atoms with E-state index in [4.69, 9.17) is 0 Å². The van der Waals surface area contributed by atoms with E-state index >= 15 is 0 Å². The Morgan fingerprint density at radius 3 is 2.50 bits per heavy atom. The van der Waals surface area contributed by atoms with Gasteiger partial charge in [0.05, 0.1) is 12.2 Å². The summed E-state index contributed by atoms with van der Waals surface area (Å²) in [5.41, 5.74) is -0.949. The third kappa shape index (κ3) is 4.32. The largest absolute Gasteiger partial charge is 0.446 e. The fourth-order valence-electron chi connectivity index (χ4n) is 3.44. The van der Waals surface area contributed by atoms with E-state index in [0.29, 0.717) is 23.5 Å². The molecule has 158 valence electrons. The van der Waals surface area contributed by atoms with Gasteiger partial charge in [-0.25, -0.2) is 0 Å². The lowest BCUT2D eigenvalue weighted by molar-refractivity contribution is -0.0328. The SMILES string of the molecule is Cc1cc(-c2cnn3c2C(=O)N(c2ccc(SC(F)(F)F)cc2)C[C@@H]3C)ccn1.Cl. The van der Waals surface area contributed by atoms with Gasteiger partial charge in [-0.2, -0.15) is 18.3 Å². The van der Waals surface area contributed by atoms with E-state index in [-0.39, 0.29) is 41.0 Å². The van der Waals surface area contributed by atoms with Crippen LogP contribution in [0.25, 0.3) is 11.1 Å². The van der Waals surface area contributed by atoms with Crippen molar-refractivity contribution in [3.63, 3.8) is 0 Å². The van der Waals surface area contributed by atoms with E-state index in [1.165, 1.54) is 12.1 Å². The number of benzene rings is 1. The van der Waals surface area contributed by atoms with E-state index < -0.39 is 5.51 Å². The standard InChI is InChI=1S/C20H17F3N4OS.ClH/c1-12-9-14(7-8-24-12)17-10-25-27-13(2)11-26(19(28)18(17)27)15-3-5-16(6-4-15)29-20(21,22)23;/h3-10,13H,11H2,1-2H3;1H/t13-;/m0./s1. The second-order valence-corrected chi connectivity index (χ2v) is 7.98. The molecule has 5 nitrogen and oxygen atoms in total. The first-order chi connectivity index (χ1) is 13.7. The number of aromatic nitrogens is 3. The Morgan fingerprint density at radius 2 is 1.87 bits per heavy atom. The monoisotopic (exact) mass is 454 g/mol. The summed E-state index contributed by atoms with van der Waals surface area (Å²) in [5, 5.41) is 4.40. The lowest BCUT2D eigenvalue weighted by Gasteiger charge is -2.32. The number of rotatable bonds is 3. The highest BCUT2D eigenvalue weighted by molar-refractivity contribution is 8.00. The molecule has 0 fully saturated rings. The topological polar surface area (TPSA) is 51.0 Å². The highest BCUT2D eigenvalue weighted by Crippen LogP contribution is 2.38. The second-order valence-electron chi connectivity index (χ2n) is 6.84. The number of anilines is 1. The number of carbonyl (C=O) groups excluding carboxylic acids is 1. The average molecular weight is 455 g/mol. The summed E-state index contributed by atoms with van der Waals surface area (Å²) in [5.74, 6) is -0.235. The van der Waals surface area contributed by atoms with E-state index in [1.54, 1.807) is 34.1 Å². The minimum Gasteiger partial charge on any atom is -0.305 e. The number of amides is 1. The Morgan fingerprint density at radius 1 is 1.17 bits per heavy atom. The summed E-state index contributed by atoms with van der Waals surface area (Å²) in [7, 11) is 0. The predicted octanol–water partition coefficient (Wildman–Crippen LogP) is 5.51. The number of hydrogen-bond donors (Lipinski definition) is 0. The molecule has 0 bridgehead atoms. The maximum atomic E-state index is 13.3. The van der Waals surface area contributed by atoms with Gasteiger partial charge >= 0.3 is 5.51 Å². The Kier molecular flexibility index (Phi) is 6.14. The molecule has 1 amide bonds. The van der Waals surface area contributed by atoms with Crippen LogP contribution in [0.3, 0.4) is 0 Å². The Hall–Kier alpha value is -2.52. The van der Waals surface area contributed by atoms with Crippen LogP contribution in [0, 0.1) is 6.92 Å². The number of carbonyl (C=O) groups is 1. The molecule has 0 spiro atoms. The van der Waals surface area contributed by atoms with Crippen LogP contribution in [0.15, 0.2) is 53.7 Å². The fraction of sp³-hybridized carbons (Fsp3) is 0.250. The second kappa shape index (κ2) is 8.31. The van der Waals surface area contributed by atoms with Crippen molar-refractivity contribution >= 4 is 35.8 Å². The summed E-state index contributed by atoms with van der Waals surface area (Å²) in [6.45, 7) is 4.20. The number of pyridine rings is 1. The number of halogens is 4. The third-order valence-electron chi connectivity index (χ3n) is 4.70. The molecular formula is C20H18ClF3N4OS. The molecule has 1 aliphatic rings. The van der Waals surface area contributed by atoms with Gasteiger partial charge in [0, 0.05) is 34.6 Å². The molecule has 2 aromatic heterocycles. The van der Waals surface area contributed by atoms with Crippen LogP contribution in [-0.2, 0) is 0 Å². The molecule has 4 rings (SSSR count). The molecule has 0 aliphatic carbocycles. The minimum atomic E-state index is -4.35. The van der Waals surface area contributed by atoms with E-state index in [9.17, 15) is 18.0 Å². The van der Waals surface area contributed by atoms with Crippen LogP contribution >= 0.6 is 24.2 Å². The highest BCUT2D eigenvalue weighted by atomic mass is 35.5. The first kappa shape index (κ1) is 22.2. The molecular weight excluding hydrogens is 437 g/mol. The molecule has 0 saturated heterocycles. The summed E-state index contributed by atoms with van der Waals surface area (Å²) in [6, 6.07) is 9.48. The third-order valence-corrected chi connectivity index (χ3v) is 5.44. The van der Waals surface area contributed by atoms with Gasteiger partial charge in [-0.3, -0.25) is 14.5 Å². The average Bonchev–Trinajstić information content (AvgIpc) is 3.10. The van der Waals surface area contributed by atoms with Crippen molar-refractivity contribution in [3.05, 3.63) is 60.2 Å². The number of hydrogen-bond acceptors (Lipinski definition) is 4. The number of thioether (sulfide) groups is 1. The van der Waals surface area contributed by atoms with Gasteiger partial charge in [-0.05, 0) is 67.6 Å². The summed E-state index contributed by atoms with van der Waals surface area (Å²) in [4.78, 5) is 19.1. The first-order valence-electron chi connectivity index (χ1n) is 8.91. The molecule has 1 aliphatic heterocycles. The molecule has 0 radical (unpaired) electrons. The van der Waals surface area contributed by atoms with Crippen LogP contribution in [0.4, 0.5) is 18.9 Å². The number of alkyl halides is 3. The van der Waals surface area contributed by atoms with Gasteiger partial charge < -0.3 is 4.90 Å². The molecule has 30 heavy (non-hydrogen) atoms. The van der Waals surface area contributed by atoms with Gasteiger partial charge in [-0.1, -0.05) is 0 Å². The van der Waals surface area contributed by atoms with Gasteiger partial charge in [-0.15, -0.1) is 12.4 Å². The van der Waals surface area contributed by atoms with Crippen molar-refractivity contribution in [2.45, 2.75) is 30.3 Å². The van der Waals surface area contributed by atoms with Crippen LogP contribution in [0.5, 0.6) is 0 Å². The van der Waals surface area contributed by atoms with Crippen LogP contribution in [0.1, 0.15) is 29.1 Å². The number of fused-ring (bicyclic) bond motifs is 1. The Balaban J connectivity index is 0.00000256. The van der Waals surface area contributed by atoms with E-state index in [2.05, 4.69) is 10.1 Å². The van der Waals surface area contributed by atoms with E-state index in [1.807, 2.05) is 26.0 Å². The van der Waals surface area contributed by atoms with Crippen molar-refractivity contribution in [2.24, 2.45) is 0 Å². The Labute approximate surface area is 181 Å². The van der Waals surface area contributed by atoms with Gasteiger partial charge in [0.2, 0.25) is 0 Å². The number of nitrogens with zero attached hydrogens (tertiary/aromatic N) is 4. The van der Waals surface area contributed by atoms with Gasteiger partial charge in [0.25, 0.3) is 5.91 Å². The highest BCUT2D eigenvalue weighted by Gasteiger charge is 2.34. The molecule has 3 aromatic rings. The van der Waals surface area contributed by atoms with Crippen LogP contribution in [-0.4, -0.2) is 32.7 Å². The summed E-state index contributed by atoms with van der Waals surface area (Å²) < 4.78 is 39.4. The molecule has 0 unspecified atom stereocenters.